The molecule has 0 aliphatic carbocycles. The number of fused-ring (bicyclic) bond motifs is 1. The Balaban J connectivity index is 0.000000321. The van der Waals surface area contributed by atoms with Crippen LogP contribution in [0.3, 0.4) is 0 Å². The molecule has 3 rings (SSSR count). The van der Waals surface area contributed by atoms with Gasteiger partial charge in [0.1, 0.15) is 5.69 Å². The van der Waals surface area contributed by atoms with Gasteiger partial charge in [-0.2, -0.15) is 13.2 Å². The summed E-state index contributed by atoms with van der Waals surface area (Å²) in [5.74, 6) is -3.67. The molecule has 2 aromatic heterocycles. The third kappa shape index (κ3) is 4.84. The molecule has 2 heterocycles. The Bertz CT molecular complexity index is 980. The summed E-state index contributed by atoms with van der Waals surface area (Å²) in [5.41, 5.74) is 3.35. The molecule has 0 spiro atoms. The molecular weight excluding hydrogens is 365 g/mol. The number of halogens is 3. The highest BCUT2D eigenvalue weighted by atomic mass is 19.4. The first-order valence-corrected chi connectivity index (χ1v) is 7.62. The van der Waals surface area contributed by atoms with Crippen LogP contribution in [0.15, 0.2) is 48.8 Å². The van der Waals surface area contributed by atoms with Crippen molar-refractivity contribution in [3.8, 4) is 0 Å². The van der Waals surface area contributed by atoms with Crippen LogP contribution in [0.1, 0.15) is 21.6 Å². The fourth-order valence-corrected chi connectivity index (χ4v) is 2.39. The van der Waals surface area contributed by atoms with E-state index in [0.717, 1.165) is 22.0 Å². The predicted octanol–water partition coefficient (Wildman–Crippen LogP) is 3.72. The van der Waals surface area contributed by atoms with Crippen molar-refractivity contribution in [1.82, 2.24) is 9.55 Å². The zero-order valence-electron chi connectivity index (χ0n) is 14.1. The Morgan fingerprint density at radius 3 is 2.33 bits per heavy atom. The van der Waals surface area contributed by atoms with E-state index in [2.05, 4.69) is 4.98 Å². The number of hydrogen-bond donors (Lipinski definition) is 2. The van der Waals surface area contributed by atoms with Crippen LogP contribution in [0, 0.1) is 6.92 Å². The Hall–Kier alpha value is -3.36. The van der Waals surface area contributed by atoms with E-state index < -0.39 is 18.1 Å². The number of alkyl halides is 3. The van der Waals surface area contributed by atoms with E-state index in [4.69, 9.17) is 9.90 Å². The standard InChI is InChI=1S/C16H14N2O2.C2HF3O2/c1-11-6-7-17-9-13(11)10-18-14-5-3-2-4-12(14)8-15(18)16(19)20;3-2(4,5)1(6)7/h2-9H,10H2,1H3,(H,19,20);(H,6,7). The highest BCUT2D eigenvalue weighted by Gasteiger charge is 2.38. The summed E-state index contributed by atoms with van der Waals surface area (Å²) in [6, 6.07) is 11.3. The summed E-state index contributed by atoms with van der Waals surface area (Å²) >= 11 is 0. The second-order valence-electron chi connectivity index (χ2n) is 5.58. The largest absolute Gasteiger partial charge is 0.490 e. The fraction of sp³-hybridized carbons (Fsp3) is 0.167. The number of aliphatic carboxylic acids is 1. The smallest absolute Gasteiger partial charge is 0.477 e. The van der Waals surface area contributed by atoms with Crippen LogP contribution < -0.4 is 0 Å². The third-order valence-electron chi connectivity index (χ3n) is 3.75. The van der Waals surface area contributed by atoms with Gasteiger partial charge in [0.25, 0.3) is 0 Å². The van der Waals surface area contributed by atoms with Crippen molar-refractivity contribution in [1.29, 1.82) is 0 Å². The molecule has 0 saturated heterocycles. The summed E-state index contributed by atoms with van der Waals surface area (Å²) in [4.78, 5) is 24.4. The first-order valence-electron chi connectivity index (χ1n) is 7.62. The van der Waals surface area contributed by atoms with Gasteiger partial charge in [0.05, 0.1) is 6.54 Å². The quantitative estimate of drug-likeness (QED) is 0.722. The summed E-state index contributed by atoms with van der Waals surface area (Å²) < 4.78 is 33.6. The molecular formula is C18H15F3N2O4. The number of aromatic carboxylic acids is 1. The van der Waals surface area contributed by atoms with E-state index >= 15 is 0 Å². The van der Waals surface area contributed by atoms with Crippen molar-refractivity contribution in [3.63, 3.8) is 0 Å². The van der Waals surface area contributed by atoms with E-state index in [1.165, 1.54) is 0 Å². The van der Waals surface area contributed by atoms with Gasteiger partial charge in [0.2, 0.25) is 0 Å². The molecule has 0 saturated carbocycles. The van der Waals surface area contributed by atoms with Gasteiger partial charge in [0.15, 0.2) is 0 Å². The summed E-state index contributed by atoms with van der Waals surface area (Å²) in [6.45, 7) is 2.51. The van der Waals surface area contributed by atoms with E-state index in [1.807, 2.05) is 41.8 Å². The lowest BCUT2D eigenvalue weighted by atomic mass is 10.1. The Morgan fingerprint density at radius 2 is 1.78 bits per heavy atom. The monoisotopic (exact) mass is 380 g/mol. The average molecular weight is 380 g/mol. The third-order valence-corrected chi connectivity index (χ3v) is 3.75. The molecule has 9 heteroatoms. The van der Waals surface area contributed by atoms with Crippen LogP contribution >= 0.6 is 0 Å². The number of para-hydroxylation sites is 1. The number of carbonyl (C=O) groups is 2. The highest BCUT2D eigenvalue weighted by molar-refractivity contribution is 5.94. The number of nitrogens with zero attached hydrogens (tertiary/aromatic N) is 2. The van der Waals surface area contributed by atoms with E-state index in [0.29, 0.717) is 12.2 Å². The number of carboxylic acid groups (broad SMARTS) is 2. The molecule has 0 fully saturated rings. The Kier molecular flexibility index (Phi) is 5.84. The Labute approximate surface area is 151 Å². The zero-order chi connectivity index (χ0) is 20.2. The molecule has 0 aliphatic rings. The lowest BCUT2D eigenvalue weighted by Gasteiger charge is -2.10. The number of rotatable bonds is 3. The van der Waals surface area contributed by atoms with Gasteiger partial charge in [-0.3, -0.25) is 4.98 Å². The summed E-state index contributed by atoms with van der Waals surface area (Å²) in [5, 5.41) is 17.4. The molecule has 0 amide bonds. The van der Waals surface area contributed by atoms with Gasteiger partial charge in [-0.25, -0.2) is 9.59 Å². The zero-order valence-corrected chi connectivity index (χ0v) is 14.1. The van der Waals surface area contributed by atoms with Crippen molar-refractivity contribution in [2.75, 3.05) is 0 Å². The lowest BCUT2D eigenvalue weighted by molar-refractivity contribution is -0.192. The maximum absolute atomic E-state index is 11.4. The molecule has 0 bridgehead atoms. The molecule has 3 aromatic rings. The van der Waals surface area contributed by atoms with Crippen molar-refractivity contribution in [2.24, 2.45) is 0 Å². The van der Waals surface area contributed by atoms with Crippen LogP contribution in [0.25, 0.3) is 10.9 Å². The van der Waals surface area contributed by atoms with Crippen LogP contribution in [0.4, 0.5) is 13.2 Å². The second kappa shape index (κ2) is 7.90. The van der Waals surface area contributed by atoms with E-state index in [1.54, 1.807) is 18.5 Å². The molecule has 0 unspecified atom stereocenters. The van der Waals surface area contributed by atoms with Gasteiger partial charge in [-0.1, -0.05) is 18.2 Å². The molecule has 0 radical (unpaired) electrons. The number of aromatic nitrogens is 2. The first kappa shape index (κ1) is 20.0. The number of hydrogen-bond acceptors (Lipinski definition) is 3. The van der Waals surface area contributed by atoms with Crippen molar-refractivity contribution < 1.29 is 33.0 Å². The van der Waals surface area contributed by atoms with E-state index in [9.17, 15) is 23.1 Å². The number of aryl methyl sites for hydroxylation is 1. The topological polar surface area (TPSA) is 92.4 Å². The Morgan fingerprint density at radius 1 is 1.15 bits per heavy atom. The van der Waals surface area contributed by atoms with Gasteiger partial charge in [-0.15, -0.1) is 0 Å². The van der Waals surface area contributed by atoms with Crippen LogP contribution in [-0.4, -0.2) is 37.9 Å². The molecule has 0 aliphatic heterocycles. The molecule has 142 valence electrons. The van der Waals surface area contributed by atoms with Gasteiger partial charge >= 0.3 is 18.1 Å². The number of pyridine rings is 1. The second-order valence-corrected chi connectivity index (χ2v) is 5.58. The van der Waals surface area contributed by atoms with Gasteiger partial charge in [0, 0.05) is 23.3 Å². The maximum Gasteiger partial charge on any atom is 0.490 e. The van der Waals surface area contributed by atoms with Crippen molar-refractivity contribution in [3.05, 3.63) is 65.6 Å². The normalized spacial score (nSPS) is 11.0. The van der Waals surface area contributed by atoms with Gasteiger partial charge < -0.3 is 14.8 Å². The minimum Gasteiger partial charge on any atom is -0.477 e. The van der Waals surface area contributed by atoms with Crippen molar-refractivity contribution >= 4 is 22.8 Å². The number of benzene rings is 1. The SMILES string of the molecule is Cc1ccncc1Cn1c(C(=O)O)cc2ccccc21.O=C(O)C(F)(F)F. The van der Waals surface area contributed by atoms with Gasteiger partial charge in [-0.05, 0) is 36.2 Å². The maximum atomic E-state index is 11.4. The molecule has 6 nitrogen and oxygen atoms in total. The minimum atomic E-state index is -5.08. The summed E-state index contributed by atoms with van der Waals surface area (Å²) in [7, 11) is 0. The lowest BCUT2D eigenvalue weighted by Crippen LogP contribution is -2.21. The first-order chi connectivity index (χ1) is 12.6. The van der Waals surface area contributed by atoms with Crippen LogP contribution in [0.2, 0.25) is 0 Å². The predicted molar refractivity (Wildman–Crippen MR) is 90.7 cm³/mol. The minimum absolute atomic E-state index is 0.300. The van der Waals surface area contributed by atoms with Crippen LogP contribution in [0.5, 0.6) is 0 Å². The molecule has 1 aromatic carbocycles. The van der Waals surface area contributed by atoms with Crippen LogP contribution in [-0.2, 0) is 11.3 Å². The van der Waals surface area contributed by atoms with Crippen molar-refractivity contribution in [2.45, 2.75) is 19.6 Å². The highest BCUT2D eigenvalue weighted by Crippen LogP contribution is 2.22. The molecule has 27 heavy (non-hydrogen) atoms. The molecule has 2 N–H and O–H groups in total. The molecule has 0 atom stereocenters. The fourth-order valence-electron chi connectivity index (χ4n) is 2.39. The average Bonchev–Trinajstić information content (AvgIpc) is 2.96. The van der Waals surface area contributed by atoms with E-state index in [-0.39, 0.29) is 0 Å². The number of carboxylic acids is 2. The summed E-state index contributed by atoms with van der Waals surface area (Å²) in [6.07, 6.45) is -1.56.